The molecule has 0 radical (unpaired) electrons. The molecule has 0 unspecified atom stereocenters. The number of hydrogen-bond donors (Lipinski definition) is 2. The van der Waals surface area contributed by atoms with Crippen LogP contribution in [0.15, 0.2) is 39.7 Å². The maximum Gasteiger partial charge on any atom is 0.339 e. The third-order valence-electron chi connectivity index (χ3n) is 2.40. The molecule has 5 nitrogen and oxygen atoms in total. The third-order valence-corrected chi connectivity index (χ3v) is 3.58. The number of halogens is 2. The van der Waals surface area contributed by atoms with Gasteiger partial charge in [-0.3, -0.25) is 0 Å². The van der Waals surface area contributed by atoms with Gasteiger partial charge in [-0.15, -0.1) is 0 Å². The predicted molar refractivity (Wildman–Crippen MR) is 78.2 cm³/mol. The van der Waals surface area contributed by atoms with Crippen molar-refractivity contribution >= 4 is 43.5 Å². The van der Waals surface area contributed by atoms with E-state index in [1.54, 1.807) is 0 Å². The van der Waals surface area contributed by atoms with Crippen LogP contribution in [0.1, 0.15) is 16.1 Å². The van der Waals surface area contributed by atoms with Crippen molar-refractivity contribution in [2.24, 2.45) is 0 Å². The first-order valence-corrected chi connectivity index (χ1v) is 6.87. The van der Waals surface area contributed by atoms with Crippen LogP contribution in [0, 0.1) is 0 Å². The Hall–Kier alpha value is -1.47. The van der Waals surface area contributed by atoms with Crippen LogP contribution in [0.4, 0.5) is 5.69 Å². The molecule has 1 aromatic carbocycles. The summed E-state index contributed by atoms with van der Waals surface area (Å²) in [5, 5.41) is 12.2. The van der Waals surface area contributed by atoms with Crippen molar-refractivity contribution in [2.75, 3.05) is 5.32 Å². The summed E-state index contributed by atoms with van der Waals surface area (Å²) in [6, 6.07) is 5.69. The Morgan fingerprint density at radius 1 is 1.37 bits per heavy atom. The number of aromatic nitrogens is 2. The topological polar surface area (TPSA) is 75.1 Å². The molecule has 98 valence electrons. The number of anilines is 1. The zero-order chi connectivity index (χ0) is 13.8. The average molecular weight is 387 g/mol. The number of nitrogens with zero attached hydrogens (tertiary/aromatic N) is 2. The molecular weight excluding hydrogens is 378 g/mol. The molecule has 0 bridgehead atoms. The van der Waals surface area contributed by atoms with Crippen molar-refractivity contribution < 1.29 is 9.90 Å². The van der Waals surface area contributed by atoms with Crippen LogP contribution in [0.2, 0.25) is 0 Å². The van der Waals surface area contributed by atoms with Crippen LogP contribution >= 0.6 is 31.9 Å². The number of nitrogens with one attached hydrogen (secondary N) is 1. The fourth-order valence-electron chi connectivity index (χ4n) is 1.49. The first-order chi connectivity index (χ1) is 9.08. The Morgan fingerprint density at radius 2 is 2.16 bits per heavy atom. The van der Waals surface area contributed by atoms with Gasteiger partial charge in [0.1, 0.15) is 11.9 Å². The Kier molecular flexibility index (Phi) is 4.49. The van der Waals surface area contributed by atoms with Gasteiger partial charge in [-0.1, -0.05) is 15.9 Å². The molecule has 0 aliphatic heterocycles. The summed E-state index contributed by atoms with van der Waals surface area (Å²) < 4.78 is 1.82. The highest BCUT2D eigenvalue weighted by molar-refractivity contribution is 9.11. The van der Waals surface area contributed by atoms with Crippen LogP contribution in [0.3, 0.4) is 0 Å². The minimum Gasteiger partial charge on any atom is -0.478 e. The lowest BCUT2D eigenvalue weighted by atomic mass is 10.2. The first-order valence-electron chi connectivity index (χ1n) is 5.29. The minimum atomic E-state index is -1.04. The van der Waals surface area contributed by atoms with Crippen molar-refractivity contribution in [2.45, 2.75) is 6.54 Å². The lowest BCUT2D eigenvalue weighted by Crippen LogP contribution is -2.10. The Morgan fingerprint density at radius 3 is 2.89 bits per heavy atom. The summed E-state index contributed by atoms with van der Waals surface area (Å²) in [4.78, 5) is 18.7. The summed E-state index contributed by atoms with van der Waals surface area (Å²) in [7, 11) is 0. The largest absolute Gasteiger partial charge is 0.478 e. The lowest BCUT2D eigenvalue weighted by molar-refractivity contribution is 0.0694. The average Bonchev–Trinajstić information content (AvgIpc) is 2.40. The fourth-order valence-corrected chi connectivity index (χ4v) is 2.23. The molecule has 7 heteroatoms. The highest BCUT2D eigenvalue weighted by atomic mass is 79.9. The maximum atomic E-state index is 11.0. The Balaban J connectivity index is 2.19. The van der Waals surface area contributed by atoms with Gasteiger partial charge in [0.25, 0.3) is 0 Å². The van der Waals surface area contributed by atoms with Gasteiger partial charge in [0.05, 0.1) is 12.2 Å². The summed E-state index contributed by atoms with van der Waals surface area (Å²) >= 11 is 6.80. The van der Waals surface area contributed by atoms with Crippen molar-refractivity contribution in [3.63, 3.8) is 0 Å². The molecule has 0 saturated carbocycles. The molecule has 0 spiro atoms. The molecular formula is C12H9Br2N3O2. The maximum absolute atomic E-state index is 11.0. The number of carboxylic acid groups (broad SMARTS) is 1. The number of carboxylic acids is 1. The van der Waals surface area contributed by atoms with E-state index in [-0.39, 0.29) is 5.56 Å². The highest BCUT2D eigenvalue weighted by Crippen LogP contribution is 2.26. The minimum absolute atomic E-state index is 0.0983. The molecule has 0 aliphatic rings. The molecule has 0 fully saturated rings. The van der Waals surface area contributed by atoms with E-state index in [2.05, 4.69) is 47.1 Å². The van der Waals surface area contributed by atoms with Crippen LogP contribution in [-0.2, 0) is 6.54 Å². The van der Waals surface area contributed by atoms with Gasteiger partial charge < -0.3 is 10.4 Å². The number of hydrogen-bond acceptors (Lipinski definition) is 4. The van der Waals surface area contributed by atoms with E-state index >= 15 is 0 Å². The van der Waals surface area contributed by atoms with Crippen LogP contribution in [-0.4, -0.2) is 21.0 Å². The lowest BCUT2D eigenvalue weighted by Gasteiger charge is -2.10. The summed E-state index contributed by atoms with van der Waals surface area (Å²) in [6.45, 7) is 0.305. The molecule has 2 aromatic rings. The van der Waals surface area contributed by atoms with E-state index in [0.717, 1.165) is 14.6 Å². The van der Waals surface area contributed by atoms with E-state index in [1.807, 2.05) is 18.2 Å². The van der Waals surface area contributed by atoms with Crippen LogP contribution in [0.5, 0.6) is 0 Å². The molecule has 0 aliphatic carbocycles. The number of benzene rings is 1. The molecule has 0 atom stereocenters. The van der Waals surface area contributed by atoms with Gasteiger partial charge in [-0.05, 0) is 34.1 Å². The first kappa shape index (κ1) is 14.0. The number of carbonyl (C=O) groups is 1. The van der Waals surface area contributed by atoms with Gasteiger partial charge in [0, 0.05) is 20.8 Å². The second-order valence-corrected chi connectivity index (χ2v) is 5.44. The summed E-state index contributed by atoms with van der Waals surface area (Å²) in [5.41, 5.74) is 1.39. The van der Waals surface area contributed by atoms with Crippen molar-refractivity contribution in [1.82, 2.24) is 9.97 Å². The molecule has 0 saturated heterocycles. The molecule has 19 heavy (non-hydrogen) atoms. The second kappa shape index (κ2) is 6.12. The van der Waals surface area contributed by atoms with Gasteiger partial charge in [0.15, 0.2) is 0 Å². The van der Waals surface area contributed by atoms with Crippen LogP contribution in [0.25, 0.3) is 0 Å². The monoisotopic (exact) mass is 385 g/mol. The van der Waals surface area contributed by atoms with E-state index in [4.69, 9.17) is 5.11 Å². The second-order valence-electron chi connectivity index (χ2n) is 3.67. The van der Waals surface area contributed by atoms with E-state index in [0.29, 0.717) is 12.2 Å². The Bertz CT molecular complexity index is 620. The van der Waals surface area contributed by atoms with Crippen LogP contribution < -0.4 is 5.32 Å². The summed E-state index contributed by atoms with van der Waals surface area (Å²) in [6.07, 6.45) is 2.63. The smallest absolute Gasteiger partial charge is 0.339 e. The quantitative estimate of drug-likeness (QED) is 0.842. The molecule has 1 heterocycles. The molecule has 2 N–H and O–H groups in total. The zero-order valence-corrected chi connectivity index (χ0v) is 12.8. The zero-order valence-electron chi connectivity index (χ0n) is 9.60. The van der Waals surface area contributed by atoms with E-state index in [9.17, 15) is 4.79 Å². The summed E-state index contributed by atoms with van der Waals surface area (Å²) in [5.74, 6) is -1.04. The molecule has 1 aromatic heterocycles. The van der Waals surface area contributed by atoms with Crippen molar-refractivity contribution in [3.05, 3.63) is 50.9 Å². The van der Waals surface area contributed by atoms with E-state index < -0.39 is 5.97 Å². The standard InChI is InChI=1S/C12H9Br2N3O2/c13-7-1-2-9(14)10(3-7)16-5-11-8(12(18)19)4-15-6-17-11/h1-4,6,16H,5H2,(H,18,19). The SMILES string of the molecule is O=C(O)c1cncnc1CNc1cc(Br)ccc1Br. The van der Waals surface area contributed by atoms with Crippen molar-refractivity contribution in [1.29, 1.82) is 0 Å². The predicted octanol–water partition coefficient (Wildman–Crippen LogP) is 3.31. The van der Waals surface area contributed by atoms with Gasteiger partial charge in [0.2, 0.25) is 0 Å². The van der Waals surface area contributed by atoms with Crippen molar-refractivity contribution in [3.8, 4) is 0 Å². The van der Waals surface area contributed by atoms with E-state index in [1.165, 1.54) is 12.5 Å². The highest BCUT2D eigenvalue weighted by Gasteiger charge is 2.11. The Labute approximate surface area is 126 Å². The fraction of sp³-hybridized carbons (Fsp3) is 0.0833. The normalized spacial score (nSPS) is 10.2. The number of rotatable bonds is 4. The van der Waals surface area contributed by atoms with Gasteiger partial charge in [-0.2, -0.15) is 0 Å². The number of aromatic carboxylic acids is 1. The molecule has 2 rings (SSSR count). The molecule has 0 amide bonds. The van der Waals surface area contributed by atoms with Gasteiger partial charge in [-0.25, -0.2) is 14.8 Å². The third kappa shape index (κ3) is 3.51. The van der Waals surface area contributed by atoms with Gasteiger partial charge >= 0.3 is 5.97 Å².